The minimum absolute atomic E-state index is 0.172. The van der Waals surface area contributed by atoms with E-state index in [1.807, 2.05) is 19.1 Å². The first-order valence-electron chi connectivity index (χ1n) is 6.45. The molecule has 0 aliphatic rings. The van der Waals surface area contributed by atoms with Gasteiger partial charge >= 0.3 is 0 Å². The third-order valence-electron chi connectivity index (χ3n) is 3.28. The normalized spacial score (nSPS) is 12.0. The topological polar surface area (TPSA) is 81.2 Å². The molecule has 0 amide bonds. The molecule has 1 atom stereocenters. The molecule has 0 saturated carbocycles. The fourth-order valence-corrected chi connectivity index (χ4v) is 2.04. The molecule has 0 aromatic heterocycles. The van der Waals surface area contributed by atoms with E-state index in [1.165, 1.54) is 6.07 Å². The van der Waals surface area contributed by atoms with Crippen molar-refractivity contribution in [2.75, 3.05) is 11.1 Å². The number of nitrogens with two attached hydrogens (primary N) is 1. The first kappa shape index (κ1) is 14.8. The number of hydrogen-bond acceptors (Lipinski definition) is 4. The van der Waals surface area contributed by atoms with E-state index < -0.39 is 10.7 Å². The molecule has 1 unspecified atom stereocenters. The van der Waals surface area contributed by atoms with Crippen molar-refractivity contribution in [2.24, 2.45) is 0 Å². The van der Waals surface area contributed by atoms with Crippen LogP contribution in [-0.4, -0.2) is 4.92 Å². The van der Waals surface area contributed by atoms with Crippen molar-refractivity contribution in [1.29, 1.82) is 0 Å². The van der Waals surface area contributed by atoms with Gasteiger partial charge in [0.15, 0.2) is 0 Å². The smallest absolute Gasteiger partial charge is 0.295 e. The van der Waals surface area contributed by atoms with E-state index in [9.17, 15) is 14.5 Å². The van der Waals surface area contributed by atoms with Crippen LogP contribution in [0.5, 0.6) is 0 Å². The Bertz CT molecular complexity index is 671. The summed E-state index contributed by atoms with van der Waals surface area (Å²) in [5.74, 6) is -0.590. The Kier molecular flexibility index (Phi) is 4.07. The molecule has 2 aromatic carbocycles. The quantitative estimate of drug-likeness (QED) is 0.509. The zero-order valence-corrected chi connectivity index (χ0v) is 11.8. The number of nitrogens with one attached hydrogen (secondary N) is 1. The van der Waals surface area contributed by atoms with Crippen LogP contribution in [0.1, 0.15) is 24.1 Å². The minimum Gasteiger partial charge on any atom is -0.399 e. The van der Waals surface area contributed by atoms with Crippen LogP contribution in [0.25, 0.3) is 0 Å². The van der Waals surface area contributed by atoms with Crippen LogP contribution in [0.4, 0.5) is 21.5 Å². The second-order valence-corrected chi connectivity index (χ2v) is 4.91. The van der Waals surface area contributed by atoms with Gasteiger partial charge in [-0.15, -0.1) is 0 Å². The molecule has 6 heteroatoms. The van der Waals surface area contributed by atoms with E-state index >= 15 is 0 Å². The Hall–Kier alpha value is -2.63. The van der Waals surface area contributed by atoms with Gasteiger partial charge in [0.05, 0.1) is 11.0 Å². The summed E-state index contributed by atoms with van der Waals surface area (Å²) in [6.45, 7) is 3.44. The molecule has 2 rings (SSSR count). The molecule has 0 spiro atoms. The molecule has 0 aliphatic heterocycles. The highest BCUT2D eigenvalue weighted by Crippen LogP contribution is 2.30. The molecule has 0 aliphatic carbocycles. The van der Waals surface area contributed by atoms with Crippen molar-refractivity contribution in [3.05, 3.63) is 63.5 Å². The molecule has 0 saturated heterocycles. The lowest BCUT2D eigenvalue weighted by atomic mass is 10.1. The molecule has 0 heterocycles. The fraction of sp³-hybridized carbons (Fsp3) is 0.200. The van der Waals surface area contributed by atoms with E-state index in [1.54, 1.807) is 19.1 Å². The number of nitrogens with zero attached hydrogens (tertiary/aromatic N) is 1. The fourth-order valence-electron chi connectivity index (χ4n) is 2.04. The number of hydrogen-bond donors (Lipinski definition) is 2. The Morgan fingerprint density at radius 3 is 2.48 bits per heavy atom. The summed E-state index contributed by atoms with van der Waals surface area (Å²) in [5.41, 5.74) is 7.58. The first-order chi connectivity index (χ1) is 9.88. The van der Waals surface area contributed by atoms with Gasteiger partial charge in [-0.1, -0.05) is 12.1 Å². The van der Waals surface area contributed by atoms with E-state index in [2.05, 4.69) is 5.32 Å². The average molecular weight is 289 g/mol. The standard InChI is InChI=1S/C15H16FN3O2/c1-9-7-14(15(19(20)21)8-13(9)16)18-10(2)11-3-5-12(17)6-4-11/h3-8,10,18H,17H2,1-2H3. The highest BCUT2D eigenvalue weighted by atomic mass is 19.1. The van der Waals surface area contributed by atoms with Gasteiger partial charge < -0.3 is 11.1 Å². The maximum absolute atomic E-state index is 13.5. The molecule has 0 bridgehead atoms. The van der Waals surface area contributed by atoms with Crippen LogP contribution in [0.15, 0.2) is 36.4 Å². The van der Waals surface area contributed by atoms with Gasteiger partial charge in [0.2, 0.25) is 0 Å². The third kappa shape index (κ3) is 3.28. The van der Waals surface area contributed by atoms with Gasteiger partial charge in [-0.05, 0) is 43.2 Å². The molecule has 21 heavy (non-hydrogen) atoms. The molecule has 110 valence electrons. The Labute approximate surface area is 121 Å². The number of halogens is 1. The van der Waals surface area contributed by atoms with Crippen molar-refractivity contribution in [3.8, 4) is 0 Å². The maximum atomic E-state index is 13.5. The van der Waals surface area contributed by atoms with Gasteiger partial charge in [-0.25, -0.2) is 4.39 Å². The zero-order valence-electron chi connectivity index (χ0n) is 11.8. The average Bonchev–Trinajstić information content (AvgIpc) is 2.43. The summed E-state index contributed by atoms with van der Waals surface area (Å²) >= 11 is 0. The van der Waals surface area contributed by atoms with E-state index in [0.717, 1.165) is 11.6 Å². The van der Waals surface area contributed by atoms with E-state index in [4.69, 9.17) is 5.73 Å². The van der Waals surface area contributed by atoms with Crippen LogP contribution in [0, 0.1) is 22.9 Å². The Morgan fingerprint density at radius 1 is 1.29 bits per heavy atom. The van der Waals surface area contributed by atoms with Crippen molar-refractivity contribution in [1.82, 2.24) is 0 Å². The lowest BCUT2D eigenvalue weighted by molar-refractivity contribution is -0.384. The predicted octanol–water partition coefficient (Wildman–Crippen LogP) is 3.80. The number of nitro benzene ring substituents is 1. The van der Waals surface area contributed by atoms with Gasteiger partial charge in [-0.2, -0.15) is 0 Å². The number of rotatable bonds is 4. The summed E-state index contributed by atoms with van der Waals surface area (Å²) in [5, 5.41) is 14.1. The molecule has 2 aromatic rings. The SMILES string of the molecule is Cc1cc(NC(C)c2ccc(N)cc2)c([N+](=O)[O-])cc1F. The summed E-state index contributed by atoms with van der Waals surface area (Å²) < 4.78 is 13.5. The number of nitro groups is 1. The van der Waals surface area contributed by atoms with Crippen LogP contribution in [0.3, 0.4) is 0 Å². The lowest BCUT2D eigenvalue weighted by Crippen LogP contribution is -2.09. The summed E-state index contributed by atoms with van der Waals surface area (Å²) in [6, 6.07) is 9.42. The van der Waals surface area contributed by atoms with Crippen molar-refractivity contribution >= 4 is 17.1 Å². The number of nitrogen functional groups attached to an aromatic ring is 1. The second kappa shape index (κ2) is 5.78. The van der Waals surface area contributed by atoms with Gasteiger partial charge in [0, 0.05) is 11.7 Å². The second-order valence-electron chi connectivity index (χ2n) is 4.91. The van der Waals surface area contributed by atoms with Crippen molar-refractivity contribution in [2.45, 2.75) is 19.9 Å². The van der Waals surface area contributed by atoms with Crippen LogP contribution in [0.2, 0.25) is 0 Å². The van der Waals surface area contributed by atoms with Crippen molar-refractivity contribution < 1.29 is 9.31 Å². The highest BCUT2D eigenvalue weighted by molar-refractivity contribution is 5.64. The van der Waals surface area contributed by atoms with Gasteiger partial charge in [0.25, 0.3) is 5.69 Å². The first-order valence-corrected chi connectivity index (χ1v) is 6.45. The summed E-state index contributed by atoms with van der Waals surface area (Å²) in [6.07, 6.45) is 0. The number of benzene rings is 2. The summed E-state index contributed by atoms with van der Waals surface area (Å²) in [7, 11) is 0. The molecule has 0 radical (unpaired) electrons. The van der Waals surface area contributed by atoms with Crippen LogP contribution < -0.4 is 11.1 Å². The van der Waals surface area contributed by atoms with E-state index in [-0.39, 0.29) is 11.7 Å². The third-order valence-corrected chi connectivity index (χ3v) is 3.28. The Morgan fingerprint density at radius 2 is 1.90 bits per heavy atom. The largest absolute Gasteiger partial charge is 0.399 e. The summed E-state index contributed by atoms with van der Waals surface area (Å²) in [4.78, 5) is 10.4. The molecule has 0 fully saturated rings. The maximum Gasteiger partial charge on any atom is 0.295 e. The molecule has 3 N–H and O–H groups in total. The van der Waals surface area contributed by atoms with Crippen LogP contribution in [-0.2, 0) is 0 Å². The number of anilines is 2. The lowest BCUT2D eigenvalue weighted by Gasteiger charge is -2.16. The highest BCUT2D eigenvalue weighted by Gasteiger charge is 2.18. The monoisotopic (exact) mass is 289 g/mol. The molecular formula is C15H16FN3O2. The van der Waals surface area contributed by atoms with Crippen LogP contribution >= 0.6 is 0 Å². The molecular weight excluding hydrogens is 273 g/mol. The van der Waals surface area contributed by atoms with E-state index in [0.29, 0.717) is 16.9 Å². The van der Waals surface area contributed by atoms with Crippen molar-refractivity contribution in [3.63, 3.8) is 0 Å². The molecule has 5 nitrogen and oxygen atoms in total. The zero-order chi connectivity index (χ0) is 15.6. The minimum atomic E-state index is -0.597. The predicted molar refractivity (Wildman–Crippen MR) is 80.7 cm³/mol. The number of aryl methyl sites for hydroxylation is 1. The van der Waals surface area contributed by atoms with Gasteiger partial charge in [-0.3, -0.25) is 10.1 Å². The Balaban J connectivity index is 2.32. The van der Waals surface area contributed by atoms with Gasteiger partial charge in [0.1, 0.15) is 11.5 Å².